The van der Waals surface area contributed by atoms with Crippen molar-refractivity contribution in [3.8, 4) is 0 Å². The van der Waals surface area contributed by atoms with Crippen LogP contribution in [0.2, 0.25) is 0 Å². The SMILES string of the molecule is CCCCC/C=C\C/C=C\CCCCCCCC(=O)OC(CCCCCCCCCCCC)CCCCCCCC(=O)NCC(=O)O. The van der Waals surface area contributed by atoms with Gasteiger partial charge in [-0.25, -0.2) is 0 Å². The number of aliphatic carboxylic acids is 1. The lowest BCUT2D eigenvalue weighted by Crippen LogP contribution is -2.28. The van der Waals surface area contributed by atoms with Crippen LogP contribution in [-0.2, 0) is 19.1 Å². The highest BCUT2D eigenvalue weighted by Gasteiger charge is 2.14. The Balaban J connectivity index is 4.16. The van der Waals surface area contributed by atoms with Gasteiger partial charge in [-0.15, -0.1) is 0 Å². The van der Waals surface area contributed by atoms with Gasteiger partial charge in [0.15, 0.2) is 0 Å². The van der Waals surface area contributed by atoms with Gasteiger partial charge in [0.05, 0.1) is 0 Å². The average molecular weight is 662 g/mol. The molecule has 0 aliphatic heterocycles. The second-order valence-corrected chi connectivity index (χ2v) is 13.5. The fourth-order valence-corrected chi connectivity index (χ4v) is 5.90. The number of unbranched alkanes of at least 4 members (excludes halogenated alkanes) is 21. The van der Waals surface area contributed by atoms with Crippen molar-refractivity contribution in [3.63, 3.8) is 0 Å². The monoisotopic (exact) mass is 662 g/mol. The van der Waals surface area contributed by atoms with Gasteiger partial charge in [0, 0.05) is 12.8 Å². The first-order chi connectivity index (χ1) is 23.0. The van der Waals surface area contributed by atoms with Crippen molar-refractivity contribution < 1.29 is 24.2 Å². The lowest BCUT2D eigenvalue weighted by Gasteiger charge is -2.18. The van der Waals surface area contributed by atoms with Gasteiger partial charge in [-0.05, 0) is 70.6 Å². The van der Waals surface area contributed by atoms with Crippen LogP contribution in [0.3, 0.4) is 0 Å². The van der Waals surface area contributed by atoms with E-state index in [2.05, 4.69) is 43.5 Å². The number of carboxylic acid groups (broad SMARTS) is 1. The number of amides is 1. The first-order valence-electron chi connectivity index (χ1n) is 20.0. The molecule has 0 fully saturated rings. The van der Waals surface area contributed by atoms with Crippen molar-refractivity contribution >= 4 is 17.8 Å². The molecule has 0 aromatic rings. The van der Waals surface area contributed by atoms with Gasteiger partial charge >= 0.3 is 11.9 Å². The quantitative estimate of drug-likeness (QED) is 0.0396. The van der Waals surface area contributed by atoms with Crippen molar-refractivity contribution in [1.82, 2.24) is 5.32 Å². The van der Waals surface area contributed by atoms with Crippen molar-refractivity contribution in [2.45, 2.75) is 213 Å². The van der Waals surface area contributed by atoms with E-state index in [-0.39, 0.29) is 24.5 Å². The Hall–Kier alpha value is -2.11. The predicted molar refractivity (Wildman–Crippen MR) is 199 cm³/mol. The molecule has 0 spiro atoms. The summed E-state index contributed by atoms with van der Waals surface area (Å²) in [5.74, 6) is -1.24. The molecule has 0 aromatic carbocycles. The van der Waals surface area contributed by atoms with Crippen molar-refractivity contribution in [2.75, 3.05) is 6.54 Å². The van der Waals surface area contributed by atoms with Crippen molar-refractivity contribution in [1.29, 1.82) is 0 Å². The van der Waals surface area contributed by atoms with Gasteiger partial charge in [0.25, 0.3) is 0 Å². The fraction of sp³-hybridized carbons (Fsp3) is 0.829. The normalized spacial score (nSPS) is 12.2. The van der Waals surface area contributed by atoms with E-state index < -0.39 is 5.97 Å². The van der Waals surface area contributed by atoms with E-state index in [0.29, 0.717) is 12.8 Å². The molecule has 6 nitrogen and oxygen atoms in total. The van der Waals surface area contributed by atoms with E-state index >= 15 is 0 Å². The number of rotatable bonds is 36. The van der Waals surface area contributed by atoms with E-state index in [0.717, 1.165) is 77.0 Å². The maximum absolute atomic E-state index is 12.7. The standard InChI is InChI=1S/C41H75NO5/c1-3-5-7-9-11-13-15-16-17-18-19-21-23-28-32-36-41(46)47-38(33-29-25-22-20-14-12-10-8-6-4-2)34-30-26-24-27-31-35-39(43)42-37-40(44)45/h11,13,16-17,38H,3-10,12,14-15,18-37H2,1-2H3,(H,42,43)(H,44,45)/b13-11-,17-16-. The van der Waals surface area contributed by atoms with Crippen LogP contribution in [0.25, 0.3) is 0 Å². The zero-order valence-corrected chi connectivity index (χ0v) is 30.9. The maximum Gasteiger partial charge on any atom is 0.322 e. The van der Waals surface area contributed by atoms with E-state index in [1.54, 1.807) is 0 Å². The molecule has 47 heavy (non-hydrogen) atoms. The van der Waals surface area contributed by atoms with Crippen LogP contribution >= 0.6 is 0 Å². The molecule has 1 unspecified atom stereocenters. The minimum atomic E-state index is -1.02. The minimum absolute atomic E-state index is 0.0244. The molecule has 0 aromatic heterocycles. The summed E-state index contributed by atoms with van der Waals surface area (Å²) in [6.07, 6.45) is 42.9. The third-order valence-corrected chi connectivity index (χ3v) is 8.88. The fourth-order valence-electron chi connectivity index (χ4n) is 5.90. The Kier molecular flexibility index (Phi) is 35.1. The molecular formula is C41H75NO5. The first kappa shape index (κ1) is 44.9. The number of hydrogen-bond acceptors (Lipinski definition) is 4. The van der Waals surface area contributed by atoms with Gasteiger partial charge < -0.3 is 15.2 Å². The minimum Gasteiger partial charge on any atom is -0.480 e. The number of allylic oxidation sites excluding steroid dienone is 4. The summed E-state index contributed by atoms with van der Waals surface area (Å²) in [7, 11) is 0. The summed E-state index contributed by atoms with van der Waals surface area (Å²) < 4.78 is 6.00. The summed E-state index contributed by atoms with van der Waals surface area (Å²) in [6, 6.07) is 0. The number of carbonyl (C=O) groups is 3. The number of ether oxygens (including phenoxy) is 1. The summed E-state index contributed by atoms with van der Waals surface area (Å²) in [6.45, 7) is 4.20. The molecule has 1 atom stereocenters. The molecule has 0 saturated carbocycles. The molecule has 0 heterocycles. The largest absolute Gasteiger partial charge is 0.480 e. The molecule has 0 radical (unpaired) electrons. The summed E-state index contributed by atoms with van der Waals surface area (Å²) in [5.41, 5.74) is 0. The molecule has 1 amide bonds. The summed E-state index contributed by atoms with van der Waals surface area (Å²) >= 11 is 0. The second-order valence-electron chi connectivity index (χ2n) is 13.5. The topological polar surface area (TPSA) is 92.7 Å². The Bertz CT molecular complexity index is 778. The van der Waals surface area contributed by atoms with Crippen LogP contribution in [0.5, 0.6) is 0 Å². The van der Waals surface area contributed by atoms with Crippen LogP contribution < -0.4 is 5.32 Å². The highest BCUT2D eigenvalue weighted by Crippen LogP contribution is 2.19. The highest BCUT2D eigenvalue weighted by atomic mass is 16.5. The molecule has 0 saturated heterocycles. The second kappa shape index (κ2) is 36.7. The molecular weight excluding hydrogens is 586 g/mol. The van der Waals surface area contributed by atoms with Crippen molar-refractivity contribution in [2.24, 2.45) is 0 Å². The van der Waals surface area contributed by atoms with Crippen LogP contribution in [0.1, 0.15) is 206 Å². The van der Waals surface area contributed by atoms with Crippen LogP contribution in [0.4, 0.5) is 0 Å². The third-order valence-electron chi connectivity index (χ3n) is 8.88. The average Bonchev–Trinajstić information content (AvgIpc) is 3.05. The van der Waals surface area contributed by atoms with Crippen LogP contribution in [-0.4, -0.2) is 35.6 Å². The van der Waals surface area contributed by atoms with E-state index in [9.17, 15) is 14.4 Å². The Morgan fingerprint density at radius 1 is 0.553 bits per heavy atom. The van der Waals surface area contributed by atoms with Gasteiger partial charge in [0.2, 0.25) is 5.91 Å². The zero-order chi connectivity index (χ0) is 34.5. The maximum atomic E-state index is 12.7. The van der Waals surface area contributed by atoms with E-state index in [4.69, 9.17) is 9.84 Å². The first-order valence-corrected chi connectivity index (χ1v) is 20.0. The lowest BCUT2D eigenvalue weighted by atomic mass is 10.0. The number of nitrogens with one attached hydrogen (secondary N) is 1. The van der Waals surface area contributed by atoms with Crippen LogP contribution in [0, 0.1) is 0 Å². The van der Waals surface area contributed by atoms with Gasteiger partial charge in [-0.2, -0.15) is 0 Å². The summed E-state index contributed by atoms with van der Waals surface area (Å²) in [5, 5.41) is 11.1. The van der Waals surface area contributed by atoms with Gasteiger partial charge in [0.1, 0.15) is 12.6 Å². The molecule has 0 aliphatic carbocycles. The molecule has 274 valence electrons. The third kappa shape index (κ3) is 36.6. The van der Waals surface area contributed by atoms with E-state index in [1.165, 1.54) is 103 Å². The highest BCUT2D eigenvalue weighted by molar-refractivity contribution is 5.80. The Labute approximate surface area is 290 Å². The van der Waals surface area contributed by atoms with Gasteiger partial charge in [-0.1, -0.05) is 147 Å². The van der Waals surface area contributed by atoms with Crippen molar-refractivity contribution in [3.05, 3.63) is 24.3 Å². The Morgan fingerprint density at radius 2 is 0.979 bits per heavy atom. The van der Waals surface area contributed by atoms with Crippen LogP contribution in [0.15, 0.2) is 24.3 Å². The number of hydrogen-bond donors (Lipinski definition) is 2. The molecule has 0 rings (SSSR count). The lowest BCUT2D eigenvalue weighted by molar-refractivity contribution is -0.150. The molecule has 0 bridgehead atoms. The van der Waals surface area contributed by atoms with Gasteiger partial charge in [-0.3, -0.25) is 14.4 Å². The predicted octanol–water partition coefficient (Wildman–Crippen LogP) is 12.0. The number of esters is 1. The molecule has 2 N–H and O–H groups in total. The van der Waals surface area contributed by atoms with E-state index in [1.807, 2.05) is 0 Å². The Morgan fingerprint density at radius 3 is 1.51 bits per heavy atom. The zero-order valence-electron chi connectivity index (χ0n) is 30.9. The molecule has 0 aliphatic rings. The summed E-state index contributed by atoms with van der Waals surface area (Å²) in [4.78, 5) is 34.9. The number of carbonyl (C=O) groups excluding carboxylic acids is 2. The smallest absolute Gasteiger partial charge is 0.322 e. The molecule has 6 heteroatoms. The number of carboxylic acids is 1.